The first-order valence-electron chi connectivity index (χ1n) is 6.08. The normalized spacial score (nSPS) is 17.2. The van der Waals surface area contributed by atoms with E-state index in [2.05, 4.69) is 37.4 Å². The topological polar surface area (TPSA) is 21.3 Å². The van der Waals surface area contributed by atoms with Crippen molar-refractivity contribution in [3.8, 4) is 5.75 Å². The highest BCUT2D eigenvalue weighted by Crippen LogP contribution is 2.51. The van der Waals surface area contributed by atoms with Gasteiger partial charge in [-0.25, -0.2) is 0 Å². The molecule has 0 saturated heterocycles. The van der Waals surface area contributed by atoms with Crippen LogP contribution in [0.4, 0.5) is 0 Å². The van der Waals surface area contributed by atoms with Gasteiger partial charge in [0.05, 0.1) is 7.11 Å². The van der Waals surface area contributed by atoms with Gasteiger partial charge in [-0.2, -0.15) is 0 Å². The van der Waals surface area contributed by atoms with E-state index in [1.165, 1.54) is 24.0 Å². The summed E-state index contributed by atoms with van der Waals surface area (Å²) in [5, 5.41) is 3.46. The summed E-state index contributed by atoms with van der Waals surface area (Å²) in [6, 6.07) is 6.49. The SMILES string of the molecule is CCNCC1(c2cc(C)ccc2OC)CC1. The minimum Gasteiger partial charge on any atom is -0.496 e. The van der Waals surface area contributed by atoms with Crippen molar-refractivity contribution in [2.24, 2.45) is 0 Å². The van der Waals surface area contributed by atoms with Crippen molar-refractivity contribution in [2.45, 2.75) is 32.1 Å². The van der Waals surface area contributed by atoms with Gasteiger partial charge in [-0.1, -0.05) is 24.6 Å². The molecule has 2 rings (SSSR count). The van der Waals surface area contributed by atoms with Crippen molar-refractivity contribution >= 4 is 0 Å². The molecule has 1 aromatic carbocycles. The third-order valence-electron chi connectivity index (χ3n) is 3.49. The first kappa shape index (κ1) is 11.5. The van der Waals surface area contributed by atoms with Crippen LogP contribution in [0.25, 0.3) is 0 Å². The number of ether oxygens (including phenoxy) is 1. The maximum Gasteiger partial charge on any atom is 0.122 e. The van der Waals surface area contributed by atoms with E-state index in [1.807, 2.05) is 0 Å². The van der Waals surface area contributed by atoms with Gasteiger partial charge in [-0.05, 0) is 32.4 Å². The molecule has 1 N–H and O–H groups in total. The van der Waals surface area contributed by atoms with Crippen LogP contribution in [0.15, 0.2) is 18.2 Å². The highest BCUT2D eigenvalue weighted by molar-refractivity contribution is 5.45. The van der Waals surface area contributed by atoms with E-state index in [9.17, 15) is 0 Å². The summed E-state index contributed by atoms with van der Waals surface area (Å²) >= 11 is 0. The van der Waals surface area contributed by atoms with Crippen molar-refractivity contribution in [2.75, 3.05) is 20.2 Å². The van der Waals surface area contributed by atoms with Gasteiger partial charge in [0.25, 0.3) is 0 Å². The summed E-state index contributed by atoms with van der Waals surface area (Å²) in [7, 11) is 1.76. The average molecular weight is 219 g/mol. The molecule has 0 amide bonds. The summed E-state index contributed by atoms with van der Waals surface area (Å²) in [6.07, 6.45) is 2.56. The monoisotopic (exact) mass is 219 g/mol. The Bertz CT molecular complexity index is 369. The van der Waals surface area contributed by atoms with Gasteiger partial charge in [0, 0.05) is 17.5 Å². The average Bonchev–Trinajstić information content (AvgIpc) is 3.07. The first-order chi connectivity index (χ1) is 7.72. The van der Waals surface area contributed by atoms with Gasteiger partial charge in [0.2, 0.25) is 0 Å². The van der Waals surface area contributed by atoms with Gasteiger partial charge in [-0.3, -0.25) is 0 Å². The second-order valence-electron chi connectivity index (χ2n) is 4.76. The highest BCUT2D eigenvalue weighted by atomic mass is 16.5. The fourth-order valence-electron chi connectivity index (χ4n) is 2.29. The van der Waals surface area contributed by atoms with Gasteiger partial charge in [0.1, 0.15) is 5.75 Å². The zero-order valence-corrected chi connectivity index (χ0v) is 10.5. The van der Waals surface area contributed by atoms with Crippen molar-refractivity contribution < 1.29 is 4.74 Å². The zero-order chi connectivity index (χ0) is 11.6. The van der Waals surface area contributed by atoms with E-state index < -0.39 is 0 Å². The van der Waals surface area contributed by atoms with E-state index in [4.69, 9.17) is 4.74 Å². The third-order valence-corrected chi connectivity index (χ3v) is 3.49. The Balaban J connectivity index is 2.28. The Morgan fingerprint density at radius 2 is 2.12 bits per heavy atom. The fourth-order valence-corrected chi connectivity index (χ4v) is 2.29. The zero-order valence-electron chi connectivity index (χ0n) is 10.5. The summed E-state index contributed by atoms with van der Waals surface area (Å²) in [6.45, 7) is 6.41. The molecule has 16 heavy (non-hydrogen) atoms. The van der Waals surface area contributed by atoms with Crippen molar-refractivity contribution in [3.05, 3.63) is 29.3 Å². The molecule has 0 aliphatic heterocycles. The van der Waals surface area contributed by atoms with Gasteiger partial charge >= 0.3 is 0 Å². The van der Waals surface area contributed by atoms with E-state index in [0.29, 0.717) is 5.41 Å². The minimum atomic E-state index is 0.341. The lowest BCUT2D eigenvalue weighted by molar-refractivity contribution is 0.402. The standard InChI is InChI=1S/C14H21NO/c1-4-15-10-14(7-8-14)12-9-11(2)5-6-13(12)16-3/h5-6,9,15H,4,7-8,10H2,1-3H3. The Morgan fingerprint density at radius 3 is 2.69 bits per heavy atom. The third kappa shape index (κ3) is 2.07. The molecule has 0 spiro atoms. The molecule has 1 aliphatic rings. The predicted octanol–water partition coefficient (Wildman–Crippen LogP) is 2.64. The van der Waals surface area contributed by atoms with Crippen LogP contribution in [0.3, 0.4) is 0 Å². The molecular formula is C14H21NO. The summed E-state index contributed by atoms with van der Waals surface area (Å²) in [5.41, 5.74) is 3.04. The molecule has 2 heteroatoms. The number of aryl methyl sites for hydroxylation is 1. The second kappa shape index (κ2) is 4.46. The number of nitrogens with one attached hydrogen (secondary N) is 1. The molecular weight excluding hydrogens is 198 g/mol. The second-order valence-corrected chi connectivity index (χ2v) is 4.76. The number of methoxy groups -OCH3 is 1. The predicted molar refractivity (Wildman–Crippen MR) is 67.2 cm³/mol. The van der Waals surface area contributed by atoms with Gasteiger partial charge in [0.15, 0.2) is 0 Å². The van der Waals surface area contributed by atoms with E-state index in [1.54, 1.807) is 7.11 Å². The lowest BCUT2D eigenvalue weighted by Crippen LogP contribution is -2.27. The lowest BCUT2D eigenvalue weighted by atomic mass is 9.93. The molecule has 0 bridgehead atoms. The fraction of sp³-hybridized carbons (Fsp3) is 0.571. The smallest absolute Gasteiger partial charge is 0.122 e. The van der Waals surface area contributed by atoms with Crippen LogP contribution in [0.1, 0.15) is 30.9 Å². The Hall–Kier alpha value is -1.02. The molecule has 0 heterocycles. The minimum absolute atomic E-state index is 0.341. The highest BCUT2D eigenvalue weighted by Gasteiger charge is 2.45. The number of rotatable bonds is 5. The largest absolute Gasteiger partial charge is 0.496 e. The van der Waals surface area contributed by atoms with Crippen molar-refractivity contribution in [3.63, 3.8) is 0 Å². The maximum atomic E-state index is 5.48. The van der Waals surface area contributed by atoms with Crippen molar-refractivity contribution in [1.29, 1.82) is 0 Å². The van der Waals surface area contributed by atoms with Crippen molar-refractivity contribution in [1.82, 2.24) is 5.32 Å². The molecule has 1 aromatic rings. The number of likely N-dealkylation sites (N-methyl/N-ethyl adjacent to an activating group) is 1. The molecule has 2 nitrogen and oxygen atoms in total. The number of hydrogen-bond donors (Lipinski definition) is 1. The van der Waals surface area contributed by atoms with E-state index >= 15 is 0 Å². The maximum absolute atomic E-state index is 5.48. The van der Waals surface area contributed by atoms with E-state index in [0.717, 1.165) is 18.8 Å². The molecule has 0 aromatic heterocycles. The lowest BCUT2D eigenvalue weighted by Gasteiger charge is -2.19. The molecule has 1 saturated carbocycles. The van der Waals surface area contributed by atoms with Crippen LogP contribution in [0.2, 0.25) is 0 Å². The Kier molecular flexibility index (Phi) is 3.20. The molecule has 0 atom stereocenters. The summed E-state index contributed by atoms with van der Waals surface area (Å²) in [4.78, 5) is 0. The van der Waals surface area contributed by atoms with Gasteiger partial charge in [-0.15, -0.1) is 0 Å². The Morgan fingerprint density at radius 1 is 1.38 bits per heavy atom. The molecule has 88 valence electrons. The quantitative estimate of drug-likeness (QED) is 0.822. The van der Waals surface area contributed by atoms with Crippen LogP contribution in [0, 0.1) is 6.92 Å². The molecule has 1 aliphatic carbocycles. The summed E-state index contributed by atoms with van der Waals surface area (Å²) in [5.74, 6) is 1.04. The number of benzene rings is 1. The molecule has 0 unspecified atom stereocenters. The van der Waals surface area contributed by atoms with E-state index in [-0.39, 0.29) is 0 Å². The Labute approximate surface area is 98.0 Å². The molecule has 1 fully saturated rings. The van der Waals surface area contributed by atoms with Crippen LogP contribution in [0.5, 0.6) is 5.75 Å². The molecule has 0 radical (unpaired) electrons. The summed E-state index contributed by atoms with van der Waals surface area (Å²) < 4.78 is 5.48. The van der Waals surface area contributed by atoms with Gasteiger partial charge < -0.3 is 10.1 Å². The van der Waals surface area contributed by atoms with Crippen LogP contribution in [-0.2, 0) is 5.41 Å². The van der Waals surface area contributed by atoms with Crippen LogP contribution >= 0.6 is 0 Å². The first-order valence-corrected chi connectivity index (χ1v) is 6.08. The van der Waals surface area contributed by atoms with Crippen LogP contribution < -0.4 is 10.1 Å². The van der Waals surface area contributed by atoms with Crippen LogP contribution in [-0.4, -0.2) is 20.2 Å². The number of hydrogen-bond acceptors (Lipinski definition) is 2.